The van der Waals surface area contributed by atoms with E-state index in [0.717, 1.165) is 31.4 Å². The van der Waals surface area contributed by atoms with Gasteiger partial charge in [-0.05, 0) is 18.9 Å². The maximum Gasteiger partial charge on any atom is 0.128 e. The minimum absolute atomic E-state index is 0.0311. The summed E-state index contributed by atoms with van der Waals surface area (Å²) in [5, 5.41) is 0. The zero-order chi connectivity index (χ0) is 11.6. The van der Waals surface area contributed by atoms with Crippen molar-refractivity contribution >= 4 is 0 Å². The molecule has 0 bridgehead atoms. The molecule has 16 heavy (non-hydrogen) atoms. The van der Waals surface area contributed by atoms with Crippen LogP contribution in [-0.4, -0.2) is 5.60 Å². The number of hydrogen-bond donors (Lipinski definition) is 1. The van der Waals surface area contributed by atoms with Crippen LogP contribution in [0.15, 0.2) is 24.3 Å². The van der Waals surface area contributed by atoms with Crippen LogP contribution in [0.3, 0.4) is 0 Å². The lowest BCUT2D eigenvalue weighted by molar-refractivity contribution is 0.0489. The monoisotopic (exact) mass is 219 g/mol. The highest BCUT2D eigenvalue weighted by molar-refractivity contribution is 5.42. The lowest BCUT2D eigenvalue weighted by Crippen LogP contribution is -2.41. The second-order valence-electron chi connectivity index (χ2n) is 4.68. The van der Waals surface area contributed by atoms with Crippen molar-refractivity contribution in [3.63, 3.8) is 0 Å². The third-order valence-electron chi connectivity index (χ3n) is 3.48. The van der Waals surface area contributed by atoms with Crippen LogP contribution >= 0.6 is 0 Å². The summed E-state index contributed by atoms with van der Waals surface area (Å²) in [6, 6.07) is 8.20. The van der Waals surface area contributed by atoms with Gasteiger partial charge in [0, 0.05) is 5.56 Å². The zero-order valence-corrected chi connectivity index (χ0v) is 10.2. The molecule has 1 aliphatic rings. The van der Waals surface area contributed by atoms with Gasteiger partial charge in [-0.3, -0.25) is 0 Å². The molecular weight excluding hydrogens is 198 g/mol. The molecule has 2 rings (SSSR count). The standard InChI is InChI=1S/C14H21NO/c1-3-9-14(10-4-2)13(15)11-7-5-6-8-12(11)16-14/h5-8,13H,3-4,9-10,15H2,1-2H3. The summed E-state index contributed by atoms with van der Waals surface area (Å²) in [4.78, 5) is 0. The predicted octanol–water partition coefficient (Wildman–Crippen LogP) is 3.42. The van der Waals surface area contributed by atoms with Crippen molar-refractivity contribution in [2.45, 2.75) is 51.2 Å². The Kier molecular flexibility index (Phi) is 3.20. The van der Waals surface area contributed by atoms with Gasteiger partial charge in [-0.25, -0.2) is 0 Å². The largest absolute Gasteiger partial charge is 0.485 e. The Morgan fingerprint density at radius 2 is 1.81 bits per heavy atom. The van der Waals surface area contributed by atoms with E-state index in [1.807, 2.05) is 18.2 Å². The van der Waals surface area contributed by atoms with Gasteiger partial charge in [-0.1, -0.05) is 44.9 Å². The van der Waals surface area contributed by atoms with Crippen molar-refractivity contribution in [3.05, 3.63) is 29.8 Å². The second kappa shape index (κ2) is 4.46. The van der Waals surface area contributed by atoms with Gasteiger partial charge >= 0.3 is 0 Å². The minimum Gasteiger partial charge on any atom is -0.485 e. The Morgan fingerprint density at radius 3 is 2.38 bits per heavy atom. The first-order valence-electron chi connectivity index (χ1n) is 6.27. The third kappa shape index (κ3) is 1.71. The molecule has 1 aromatic carbocycles. The molecule has 0 fully saturated rings. The average molecular weight is 219 g/mol. The molecule has 1 atom stereocenters. The normalized spacial score (nSPS) is 21.6. The minimum atomic E-state index is -0.160. The van der Waals surface area contributed by atoms with Crippen LogP contribution in [-0.2, 0) is 0 Å². The quantitative estimate of drug-likeness (QED) is 0.842. The number of para-hydroxylation sites is 1. The molecule has 1 heterocycles. The molecule has 0 aliphatic carbocycles. The lowest BCUT2D eigenvalue weighted by Gasteiger charge is -2.32. The second-order valence-corrected chi connectivity index (χ2v) is 4.68. The highest BCUT2D eigenvalue weighted by atomic mass is 16.5. The Hall–Kier alpha value is -1.02. The zero-order valence-electron chi connectivity index (χ0n) is 10.2. The van der Waals surface area contributed by atoms with Crippen molar-refractivity contribution < 1.29 is 4.74 Å². The van der Waals surface area contributed by atoms with Gasteiger partial charge in [-0.15, -0.1) is 0 Å². The fourth-order valence-electron chi connectivity index (χ4n) is 2.78. The van der Waals surface area contributed by atoms with Crippen LogP contribution in [0.4, 0.5) is 0 Å². The molecule has 1 aliphatic heterocycles. The molecule has 0 aromatic heterocycles. The molecule has 0 amide bonds. The number of hydrogen-bond acceptors (Lipinski definition) is 2. The molecule has 0 saturated carbocycles. The van der Waals surface area contributed by atoms with Gasteiger partial charge in [-0.2, -0.15) is 0 Å². The number of nitrogens with two attached hydrogens (primary N) is 1. The summed E-state index contributed by atoms with van der Waals surface area (Å²) in [5.41, 5.74) is 7.38. The number of ether oxygens (including phenoxy) is 1. The first-order chi connectivity index (χ1) is 7.73. The van der Waals surface area contributed by atoms with Crippen molar-refractivity contribution in [1.29, 1.82) is 0 Å². The molecule has 0 spiro atoms. The summed E-state index contributed by atoms with van der Waals surface area (Å²) in [5.74, 6) is 0.983. The van der Waals surface area contributed by atoms with E-state index in [4.69, 9.17) is 10.5 Å². The van der Waals surface area contributed by atoms with Gasteiger partial charge < -0.3 is 10.5 Å². The summed E-state index contributed by atoms with van der Waals surface area (Å²) >= 11 is 0. The average Bonchev–Trinajstić information content (AvgIpc) is 2.54. The van der Waals surface area contributed by atoms with E-state index in [1.165, 1.54) is 5.56 Å². The maximum atomic E-state index is 6.37. The van der Waals surface area contributed by atoms with Crippen molar-refractivity contribution in [3.8, 4) is 5.75 Å². The van der Waals surface area contributed by atoms with E-state index in [9.17, 15) is 0 Å². The Morgan fingerprint density at radius 1 is 1.19 bits per heavy atom. The molecule has 1 unspecified atom stereocenters. The van der Waals surface area contributed by atoms with E-state index in [2.05, 4.69) is 19.9 Å². The topological polar surface area (TPSA) is 35.2 Å². The molecule has 2 nitrogen and oxygen atoms in total. The Balaban J connectivity index is 2.32. The van der Waals surface area contributed by atoms with E-state index < -0.39 is 0 Å². The maximum absolute atomic E-state index is 6.37. The molecule has 2 N–H and O–H groups in total. The van der Waals surface area contributed by atoms with Crippen molar-refractivity contribution in [2.75, 3.05) is 0 Å². The van der Waals surface area contributed by atoms with E-state index in [0.29, 0.717) is 0 Å². The van der Waals surface area contributed by atoms with Crippen molar-refractivity contribution in [1.82, 2.24) is 0 Å². The fourth-order valence-corrected chi connectivity index (χ4v) is 2.78. The molecule has 0 radical (unpaired) electrons. The smallest absolute Gasteiger partial charge is 0.128 e. The van der Waals surface area contributed by atoms with Crippen molar-refractivity contribution in [2.24, 2.45) is 5.73 Å². The van der Waals surface area contributed by atoms with Gasteiger partial charge in [0.15, 0.2) is 0 Å². The number of rotatable bonds is 4. The van der Waals surface area contributed by atoms with Crippen LogP contribution < -0.4 is 10.5 Å². The first-order valence-corrected chi connectivity index (χ1v) is 6.27. The van der Waals surface area contributed by atoms with Gasteiger partial charge in [0.1, 0.15) is 11.4 Å². The predicted molar refractivity (Wildman–Crippen MR) is 66.5 cm³/mol. The number of fused-ring (bicyclic) bond motifs is 1. The van der Waals surface area contributed by atoms with E-state index in [1.54, 1.807) is 0 Å². The highest BCUT2D eigenvalue weighted by Crippen LogP contribution is 2.46. The van der Waals surface area contributed by atoms with Gasteiger partial charge in [0.05, 0.1) is 6.04 Å². The Labute approximate surface area is 97.8 Å². The summed E-state index contributed by atoms with van der Waals surface area (Å²) in [7, 11) is 0. The summed E-state index contributed by atoms with van der Waals surface area (Å²) in [6.07, 6.45) is 4.30. The summed E-state index contributed by atoms with van der Waals surface area (Å²) < 4.78 is 6.16. The third-order valence-corrected chi connectivity index (χ3v) is 3.48. The van der Waals surface area contributed by atoms with Crippen LogP contribution in [0.25, 0.3) is 0 Å². The lowest BCUT2D eigenvalue weighted by atomic mass is 9.84. The SMILES string of the molecule is CCCC1(CCC)Oc2ccccc2C1N. The molecular formula is C14H21NO. The molecule has 2 heteroatoms. The van der Waals surface area contributed by atoms with Crippen LogP contribution in [0.2, 0.25) is 0 Å². The van der Waals surface area contributed by atoms with Crippen LogP contribution in [0, 0.1) is 0 Å². The Bertz CT molecular complexity index is 356. The molecule has 0 saturated heterocycles. The van der Waals surface area contributed by atoms with Crippen LogP contribution in [0.1, 0.15) is 51.1 Å². The van der Waals surface area contributed by atoms with E-state index >= 15 is 0 Å². The number of benzene rings is 1. The van der Waals surface area contributed by atoms with Gasteiger partial charge in [0.2, 0.25) is 0 Å². The fraction of sp³-hybridized carbons (Fsp3) is 0.571. The molecule has 1 aromatic rings. The first kappa shape index (κ1) is 11.5. The van der Waals surface area contributed by atoms with Gasteiger partial charge in [0.25, 0.3) is 0 Å². The highest BCUT2D eigenvalue weighted by Gasteiger charge is 2.44. The van der Waals surface area contributed by atoms with Crippen LogP contribution in [0.5, 0.6) is 5.75 Å². The molecule has 88 valence electrons. The van der Waals surface area contributed by atoms with E-state index in [-0.39, 0.29) is 11.6 Å². The summed E-state index contributed by atoms with van der Waals surface area (Å²) in [6.45, 7) is 4.38.